The molecule has 20 heavy (non-hydrogen) atoms. The monoisotopic (exact) mass is 296 g/mol. The number of rotatable bonds is 5. The molecule has 0 atom stereocenters. The fraction of sp³-hybridized carbons (Fsp3) is 0.643. The lowest BCUT2D eigenvalue weighted by molar-refractivity contribution is -0.121. The molecule has 2 heterocycles. The van der Waals surface area contributed by atoms with Gasteiger partial charge in [-0.15, -0.1) is 0 Å². The fourth-order valence-electron chi connectivity index (χ4n) is 2.38. The van der Waals surface area contributed by atoms with Crippen LogP contribution >= 0.6 is 11.6 Å². The zero-order chi connectivity index (χ0) is 14.4. The van der Waals surface area contributed by atoms with Crippen molar-refractivity contribution in [1.82, 2.24) is 20.2 Å². The summed E-state index contributed by atoms with van der Waals surface area (Å²) in [6, 6.07) is 0. The van der Waals surface area contributed by atoms with Gasteiger partial charge in [0.15, 0.2) is 0 Å². The number of hydrogen-bond acceptors (Lipinski definition) is 4. The number of halogens is 1. The first kappa shape index (κ1) is 15.2. The Morgan fingerprint density at radius 3 is 2.70 bits per heavy atom. The van der Waals surface area contributed by atoms with Gasteiger partial charge in [-0.25, -0.2) is 9.97 Å². The second-order valence-electron chi connectivity index (χ2n) is 5.38. The standard InChI is InChI=1S/C14H21ClN4O/c1-19-6-4-11(5-7-19)2-3-14(20)18-10-13-16-8-12(15)9-17-13/h8-9,11H,2-7,10H2,1H3,(H,18,20). The number of carbonyl (C=O) groups excluding carboxylic acids is 1. The van der Waals surface area contributed by atoms with Crippen LogP contribution in [0.5, 0.6) is 0 Å². The van der Waals surface area contributed by atoms with Gasteiger partial charge in [-0.1, -0.05) is 11.6 Å². The number of amides is 1. The lowest BCUT2D eigenvalue weighted by Gasteiger charge is -2.28. The Kier molecular flexibility index (Phi) is 5.73. The average molecular weight is 297 g/mol. The molecule has 1 N–H and O–H groups in total. The molecule has 1 amide bonds. The molecular formula is C14H21ClN4O. The molecule has 0 saturated carbocycles. The number of nitrogens with one attached hydrogen (secondary N) is 1. The molecule has 0 aromatic carbocycles. The molecule has 0 unspecified atom stereocenters. The van der Waals surface area contributed by atoms with E-state index in [9.17, 15) is 4.79 Å². The molecule has 110 valence electrons. The summed E-state index contributed by atoms with van der Waals surface area (Å²) in [7, 11) is 2.15. The summed E-state index contributed by atoms with van der Waals surface area (Å²) in [6.07, 6.45) is 7.03. The second-order valence-corrected chi connectivity index (χ2v) is 5.82. The zero-order valence-corrected chi connectivity index (χ0v) is 12.6. The zero-order valence-electron chi connectivity index (χ0n) is 11.8. The lowest BCUT2D eigenvalue weighted by Crippen LogP contribution is -2.31. The molecule has 1 saturated heterocycles. The maximum atomic E-state index is 11.8. The highest BCUT2D eigenvalue weighted by molar-refractivity contribution is 6.30. The first-order chi connectivity index (χ1) is 9.63. The molecular weight excluding hydrogens is 276 g/mol. The highest BCUT2D eigenvalue weighted by Crippen LogP contribution is 2.20. The molecule has 6 heteroatoms. The molecule has 1 fully saturated rings. The van der Waals surface area contributed by atoms with E-state index in [1.807, 2.05) is 0 Å². The largest absolute Gasteiger partial charge is 0.349 e. The van der Waals surface area contributed by atoms with Crippen LogP contribution < -0.4 is 5.32 Å². The summed E-state index contributed by atoms with van der Waals surface area (Å²) in [4.78, 5) is 22.2. The average Bonchev–Trinajstić information content (AvgIpc) is 2.46. The van der Waals surface area contributed by atoms with Crippen LogP contribution in [0.15, 0.2) is 12.4 Å². The van der Waals surface area contributed by atoms with Crippen molar-refractivity contribution in [2.75, 3.05) is 20.1 Å². The highest BCUT2D eigenvalue weighted by atomic mass is 35.5. The Labute approximate surface area is 124 Å². The molecule has 1 aliphatic heterocycles. The maximum Gasteiger partial charge on any atom is 0.220 e. The summed E-state index contributed by atoms with van der Waals surface area (Å²) in [5, 5.41) is 3.35. The molecule has 0 bridgehead atoms. The van der Waals surface area contributed by atoms with Gasteiger partial charge in [0.05, 0.1) is 11.6 Å². The first-order valence-corrected chi connectivity index (χ1v) is 7.43. The van der Waals surface area contributed by atoms with Crippen molar-refractivity contribution < 1.29 is 4.79 Å². The van der Waals surface area contributed by atoms with Crippen molar-refractivity contribution >= 4 is 17.5 Å². The number of piperidine rings is 1. The summed E-state index contributed by atoms with van der Waals surface area (Å²) >= 11 is 5.70. The van der Waals surface area contributed by atoms with E-state index in [4.69, 9.17) is 11.6 Å². The van der Waals surface area contributed by atoms with E-state index in [0.29, 0.717) is 29.7 Å². The topological polar surface area (TPSA) is 58.1 Å². The Bertz CT molecular complexity index is 429. The van der Waals surface area contributed by atoms with Crippen molar-refractivity contribution in [3.05, 3.63) is 23.2 Å². The van der Waals surface area contributed by atoms with E-state index in [-0.39, 0.29) is 5.91 Å². The SMILES string of the molecule is CN1CCC(CCC(=O)NCc2ncc(Cl)cn2)CC1. The minimum atomic E-state index is 0.0717. The van der Waals surface area contributed by atoms with E-state index in [1.165, 1.54) is 25.2 Å². The minimum absolute atomic E-state index is 0.0717. The number of hydrogen-bond donors (Lipinski definition) is 1. The molecule has 2 rings (SSSR count). The minimum Gasteiger partial charge on any atom is -0.349 e. The number of nitrogens with zero attached hydrogens (tertiary/aromatic N) is 3. The molecule has 1 aliphatic rings. The normalized spacial score (nSPS) is 17.1. The third-order valence-electron chi connectivity index (χ3n) is 3.74. The maximum absolute atomic E-state index is 11.8. The first-order valence-electron chi connectivity index (χ1n) is 7.05. The third kappa shape index (κ3) is 5.06. The Hall–Kier alpha value is -1.20. The number of likely N-dealkylation sites (tertiary alicyclic amines) is 1. The Balaban J connectivity index is 1.64. The van der Waals surface area contributed by atoms with Gasteiger partial charge in [-0.05, 0) is 45.3 Å². The van der Waals surface area contributed by atoms with Gasteiger partial charge in [-0.2, -0.15) is 0 Å². The molecule has 0 radical (unpaired) electrons. The van der Waals surface area contributed by atoms with Gasteiger partial charge < -0.3 is 10.2 Å². The van der Waals surface area contributed by atoms with Gasteiger partial charge in [0.1, 0.15) is 5.82 Å². The summed E-state index contributed by atoms with van der Waals surface area (Å²) in [5.41, 5.74) is 0. The van der Waals surface area contributed by atoms with E-state index in [0.717, 1.165) is 19.5 Å². The Morgan fingerprint density at radius 2 is 2.05 bits per heavy atom. The predicted molar refractivity (Wildman–Crippen MR) is 78.3 cm³/mol. The van der Waals surface area contributed by atoms with Crippen LogP contribution in [-0.4, -0.2) is 40.9 Å². The van der Waals surface area contributed by atoms with Gasteiger partial charge in [-0.3, -0.25) is 4.79 Å². The van der Waals surface area contributed by atoms with Crippen molar-refractivity contribution in [2.24, 2.45) is 5.92 Å². The third-order valence-corrected chi connectivity index (χ3v) is 3.93. The lowest BCUT2D eigenvalue weighted by atomic mass is 9.92. The van der Waals surface area contributed by atoms with Gasteiger partial charge in [0, 0.05) is 18.8 Å². The van der Waals surface area contributed by atoms with E-state index < -0.39 is 0 Å². The van der Waals surface area contributed by atoms with Crippen molar-refractivity contribution in [1.29, 1.82) is 0 Å². The molecule has 5 nitrogen and oxygen atoms in total. The van der Waals surface area contributed by atoms with E-state index in [1.54, 1.807) is 0 Å². The predicted octanol–water partition coefficient (Wildman–Crippen LogP) is 1.87. The van der Waals surface area contributed by atoms with Gasteiger partial charge >= 0.3 is 0 Å². The quantitative estimate of drug-likeness (QED) is 0.901. The van der Waals surface area contributed by atoms with Crippen LogP contribution in [0.1, 0.15) is 31.5 Å². The van der Waals surface area contributed by atoms with Crippen LogP contribution in [-0.2, 0) is 11.3 Å². The number of aromatic nitrogens is 2. The van der Waals surface area contributed by atoms with Gasteiger partial charge in [0.25, 0.3) is 0 Å². The molecule has 1 aromatic rings. The molecule has 0 aliphatic carbocycles. The fourth-order valence-corrected chi connectivity index (χ4v) is 2.48. The van der Waals surface area contributed by atoms with Crippen LogP contribution in [0.2, 0.25) is 5.02 Å². The highest BCUT2D eigenvalue weighted by Gasteiger charge is 2.17. The molecule has 1 aromatic heterocycles. The van der Waals surface area contributed by atoms with Crippen molar-refractivity contribution in [3.63, 3.8) is 0 Å². The summed E-state index contributed by atoms with van der Waals surface area (Å²) in [5.74, 6) is 1.34. The molecule has 0 spiro atoms. The van der Waals surface area contributed by atoms with Gasteiger partial charge in [0.2, 0.25) is 5.91 Å². The van der Waals surface area contributed by atoms with Crippen LogP contribution in [0.3, 0.4) is 0 Å². The van der Waals surface area contributed by atoms with Crippen molar-refractivity contribution in [2.45, 2.75) is 32.2 Å². The van der Waals surface area contributed by atoms with Crippen LogP contribution in [0, 0.1) is 5.92 Å². The van der Waals surface area contributed by atoms with Crippen LogP contribution in [0.4, 0.5) is 0 Å². The smallest absolute Gasteiger partial charge is 0.220 e. The van der Waals surface area contributed by atoms with E-state index >= 15 is 0 Å². The van der Waals surface area contributed by atoms with Crippen molar-refractivity contribution in [3.8, 4) is 0 Å². The summed E-state index contributed by atoms with van der Waals surface area (Å²) in [6.45, 7) is 2.65. The second kappa shape index (κ2) is 7.55. The summed E-state index contributed by atoms with van der Waals surface area (Å²) < 4.78 is 0. The van der Waals surface area contributed by atoms with E-state index in [2.05, 4.69) is 27.2 Å². The number of carbonyl (C=O) groups is 1. The Morgan fingerprint density at radius 1 is 1.40 bits per heavy atom. The van der Waals surface area contributed by atoms with Crippen LogP contribution in [0.25, 0.3) is 0 Å².